The lowest BCUT2D eigenvalue weighted by Crippen LogP contribution is -2.65. The molecule has 7 heteroatoms. The molecule has 2 N–H and O–H groups in total. The summed E-state index contributed by atoms with van der Waals surface area (Å²) in [5.74, 6) is 0.0816. The van der Waals surface area contributed by atoms with E-state index in [1.807, 2.05) is 0 Å². The summed E-state index contributed by atoms with van der Waals surface area (Å²) in [5, 5.41) is 22.0. The monoisotopic (exact) mass is 458 g/mol. The number of hydrogen-bond acceptors (Lipinski definition) is 7. The molecule has 5 fully saturated rings. The van der Waals surface area contributed by atoms with Crippen LogP contribution in [0.25, 0.3) is 0 Å². The summed E-state index contributed by atoms with van der Waals surface area (Å²) in [4.78, 5) is 23.7. The Labute approximate surface area is 193 Å². The van der Waals surface area contributed by atoms with Crippen LogP contribution in [0.2, 0.25) is 0 Å². The van der Waals surface area contributed by atoms with Gasteiger partial charge in [-0.25, -0.2) is 4.79 Å². The molecule has 1 aromatic heterocycles. The maximum absolute atomic E-state index is 12.1. The molecule has 4 aliphatic carbocycles. The SMILES string of the molecule is CC(=O)O[C@H]1[C@H]2O[C@]23[C@@H]2CC[C@]4(O)C[C@@H](O)CC[C@]4(C)C2CC[C@]3(C)[C@H]1c1ccc(=O)oc1. The minimum Gasteiger partial charge on any atom is -0.459 e. The molecule has 180 valence electrons. The third-order valence-corrected chi connectivity index (χ3v) is 10.6. The van der Waals surface area contributed by atoms with E-state index in [1.165, 1.54) is 19.3 Å². The van der Waals surface area contributed by atoms with Crippen LogP contribution in [0.4, 0.5) is 0 Å². The average molecular weight is 459 g/mol. The molecule has 33 heavy (non-hydrogen) atoms. The molecule has 7 nitrogen and oxygen atoms in total. The second-order valence-electron chi connectivity index (χ2n) is 11.8. The molecule has 0 radical (unpaired) electrons. The Hall–Kier alpha value is -1.70. The van der Waals surface area contributed by atoms with E-state index >= 15 is 0 Å². The van der Waals surface area contributed by atoms with E-state index in [4.69, 9.17) is 13.9 Å². The number of esters is 1. The molecule has 1 aliphatic heterocycles. The van der Waals surface area contributed by atoms with Crippen LogP contribution in [0.1, 0.15) is 77.2 Å². The lowest BCUT2D eigenvalue weighted by molar-refractivity contribution is -0.224. The number of carbonyl (C=O) groups is 1. The first kappa shape index (κ1) is 21.8. The van der Waals surface area contributed by atoms with Gasteiger partial charge in [-0.05, 0) is 67.4 Å². The Bertz CT molecular complexity index is 1030. The van der Waals surface area contributed by atoms with Gasteiger partial charge in [0, 0.05) is 30.7 Å². The van der Waals surface area contributed by atoms with Crippen LogP contribution in [0, 0.1) is 22.7 Å². The lowest BCUT2D eigenvalue weighted by atomic mass is 9.42. The van der Waals surface area contributed by atoms with E-state index in [2.05, 4.69) is 13.8 Å². The Morgan fingerprint density at radius 2 is 1.82 bits per heavy atom. The fraction of sp³-hybridized carbons (Fsp3) is 0.769. The van der Waals surface area contributed by atoms with Gasteiger partial charge in [0.25, 0.3) is 0 Å². The zero-order chi connectivity index (χ0) is 23.4. The van der Waals surface area contributed by atoms with Gasteiger partial charge in [0.2, 0.25) is 0 Å². The van der Waals surface area contributed by atoms with E-state index in [-0.39, 0.29) is 40.7 Å². The summed E-state index contributed by atoms with van der Waals surface area (Å²) >= 11 is 0. The van der Waals surface area contributed by atoms with Crippen LogP contribution in [-0.4, -0.2) is 45.7 Å². The first-order valence-electron chi connectivity index (χ1n) is 12.4. The van der Waals surface area contributed by atoms with Crippen molar-refractivity contribution >= 4 is 5.97 Å². The van der Waals surface area contributed by atoms with Crippen molar-refractivity contribution in [3.05, 3.63) is 34.4 Å². The summed E-state index contributed by atoms with van der Waals surface area (Å²) in [7, 11) is 0. The fourth-order valence-corrected chi connectivity index (χ4v) is 9.10. The quantitative estimate of drug-likeness (QED) is 0.518. The lowest BCUT2D eigenvalue weighted by Gasteiger charge is -2.63. The summed E-state index contributed by atoms with van der Waals surface area (Å²) in [5.41, 5.74) is -1.34. The van der Waals surface area contributed by atoms with E-state index in [9.17, 15) is 19.8 Å². The number of rotatable bonds is 2. The highest BCUT2D eigenvalue weighted by Crippen LogP contribution is 2.78. The van der Waals surface area contributed by atoms with Gasteiger partial charge in [-0.15, -0.1) is 0 Å². The van der Waals surface area contributed by atoms with E-state index in [0.29, 0.717) is 12.8 Å². The Balaban J connectivity index is 1.42. The van der Waals surface area contributed by atoms with Crippen molar-refractivity contribution in [2.75, 3.05) is 0 Å². The van der Waals surface area contributed by atoms with Gasteiger partial charge in [-0.2, -0.15) is 0 Å². The molecule has 2 heterocycles. The molecule has 5 aliphatic rings. The normalized spacial score (nSPS) is 52.2. The van der Waals surface area contributed by atoms with Gasteiger partial charge in [0.15, 0.2) is 0 Å². The Morgan fingerprint density at radius 3 is 2.52 bits per heavy atom. The minimum atomic E-state index is -0.850. The molecule has 4 saturated carbocycles. The number of aliphatic hydroxyl groups excluding tert-OH is 1. The first-order valence-corrected chi connectivity index (χ1v) is 12.4. The number of epoxide rings is 1. The Morgan fingerprint density at radius 1 is 1.09 bits per heavy atom. The molecule has 1 saturated heterocycles. The van der Waals surface area contributed by atoms with Crippen LogP contribution < -0.4 is 5.63 Å². The number of carbonyl (C=O) groups excluding carboxylic acids is 1. The van der Waals surface area contributed by atoms with Crippen molar-refractivity contribution in [1.29, 1.82) is 0 Å². The second kappa shape index (κ2) is 6.70. The molecule has 0 aromatic carbocycles. The van der Waals surface area contributed by atoms with Gasteiger partial charge in [-0.1, -0.05) is 13.8 Å². The number of hydrogen-bond donors (Lipinski definition) is 2. The van der Waals surface area contributed by atoms with Crippen LogP contribution in [0.15, 0.2) is 27.6 Å². The third kappa shape index (κ3) is 2.62. The zero-order valence-electron chi connectivity index (χ0n) is 19.6. The highest BCUT2D eigenvalue weighted by atomic mass is 16.7. The summed E-state index contributed by atoms with van der Waals surface area (Å²) in [6, 6.07) is 3.23. The molecule has 1 aromatic rings. The number of fused-ring (bicyclic) bond motifs is 3. The Kier molecular flexibility index (Phi) is 4.43. The van der Waals surface area contributed by atoms with Crippen molar-refractivity contribution in [3.8, 4) is 0 Å². The van der Waals surface area contributed by atoms with Gasteiger partial charge >= 0.3 is 11.6 Å². The maximum Gasteiger partial charge on any atom is 0.335 e. The van der Waals surface area contributed by atoms with Crippen LogP contribution in [-0.2, 0) is 14.3 Å². The van der Waals surface area contributed by atoms with Crippen molar-refractivity contribution < 1.29 is 28.9 Å². The van der Waals surface area contributed by atoms with Crippen LogP contribution in [0.3, 0.4) is 0 Å². The summed E-state index contributed by atoms with van der Waals surface area (Å²) in [6.07, 6.45) is 5.74. The van der Waals surface area contributed by atoms with Gasteiger partial charge < -0.3 is 24.1 Å². The standard InChI is InChI=1S/C26H34O7/c1-14(27)32-21-20(15-4-5-19(29)31-13-15)24(3)10-7-17-18(26(24)22(21)33-26)8-11-25(30)12-16(28)6-9-23(17,25)2/h4-5,13,16-18,20-22,28,30H,6-12H2,1-3H3/t16-,17?,18+,20-,21+,22+,23+,24+,25-,26+/m0/s1. The van der Waals surface area contributed by atoms with Crippen molar-refractivity contribution in [2.24, 2.45) is 22.7 Å². The van der Waals surface area contributed by atoms with E-state index < -0.39 is 29.0 Å². The van der Waals surface area contributed by atoms with Gasteiger partial charge in [0.1, 0.15) is 17.8 Å². The molecular weight excluding hydrogens is 424 g/mol. The van der Waals surface area contributed by atoms with Crippen molar-refractivity contribution in [1.82, 2.24) is 0 Å². The van der Waals surface area contributed by atoms with Crippen LogP contribution >= 0.6 is 0 Å². The first-order chi connectivity index (χ1) is 15.6. The predicted molar refractivity (Wildman–Crippen MR) is 117 cm³/mol. The summed E-state index contributed by atoms with van der Waals surface area (Å²) < 4.78 is 17.7. The second-order valence-corrected chi connectivity index (χ2v) is 11.8. The number of ether oxygens (including phenoxy) is 2. The maximum atomic E-state index is 12.1. The molecule has 0 amide bonds. The highest BCUT2D eigenvalue weighted by Gasteiger charge is 2.85. The van der Waals surface area contributed by atoms with Gasteiger partial charge in [-0.3, -0.25) is 4.79 Å². The summed E-state index contributed by atoms with van der Waals surface area (Å²) in [6.45, 7) is 5.89. The molecule has 0 bridgehead atoms. The molecular formula is C26H34O7. The van der Waals surface area contributed by atoms with Crippen molar-refractivity contribution in [2.45, 2.75) is 101 Å². The minimum absolute atomic E-state index is 0.118. The van der Waals surface area contributed by atoms with Gasteiger partial charge in [0.05, 0.1) is 18.0 Å². The van der Waals surface area contributed by atoms with E-state index in [1.54, 1.807) is 6.07 Å². The topological polar surface area (TPSA) is 110 Å². The smallest absolute Gasteiger partial charge is 0.335 e. The zero-order valence-corrected chi connectivity index (χ0v) is 19.6. The fourth-order valence-electron chi connectivity index (χ4n) is 9.10. The average Bonchev–Trinajstić information content (AvgIpc) is 3.45. The molecule has 1 unspecified atom stereocenters. The third-order valence-electron chi connectivity index (χ3n) is 10.6. The number of aliphatic hydroxyl groups is 2. The predicted octanol–water partition coefficient (Wildman–Crippen LogP) is 2.91. The molecule has 1 spiro atoms. The molecule has 6 rings (SSSR count). The largest absolute Gasteiger partial charge is 0.459 e. The highest BCUT2D eigenvalue weighted by molar-refractivity contribution is 5.66. The van der Waals surface area contributed by atoms with Crippen molar-refractivity contribution in [3.63, 3.8) is 0 Å². The van der Waals surface area contributed by atoms with E-state index in [0.717, 1.165) is 37.7 Å². The van der Waals surface area contributed by atoms with Crippen LogP contribution in [0.5, 0.6) is 0 Å². The molecule has 10 atom stereocenters.